The Bertz CT molecular complexity index is 1160. The van der Waals surface area contributed by atoms with Gasteiger partial charge in [0.15, 0.2) is 11.5 Å². The summed E-state index contributed by atoms with van der Waals surface area (Å²) in [6.45, 7) is 2.99. The molecule has 1 atom stereocenters. The molecule has 0 aromatic heterocycles. The van der Waals surface area contributed by atoms with Gasteiger partial charge in [0.25, 0.3) is 5.91 Å². The van der Waals surface area contributed by atoms with Gasteiger partial charge in [0.2, 0.25) is 5.91 Å². The molecule has 0 saturated heterocycles. The van der Waals surface area contributed by atoms with Crippen molar-refractivity contribution in [2.45, 2.75) is 25.8 Å². The molecule has 4 rings (SSSR count). The Kier molecular flexibility index (Phi) is 6.88. The predicted octanol–water partition coefficient (Wildman–Crippen LogP) is 4.66. The molecule has 3 aromatic carbocycles. The van der Waals surface area contributed by atoms with Crippen LogP contribution in [0.3, 0.4) is 0 Å². The maximum atomic E-state index is 13.8. The van der Waals surface area contributed by atoms with Gasteiger partial charge in [-0.1, -0.05) is 30.3 Å². The standard InChI is InChI=1S/C26H25FN2O4/c1-17(28-26(31)20-10-11-23-24(15-20)33-13-5-12-32-23)18-7-4-8-21(14-18)29-25(30)16-19-6-2-3-9-22(19)27/h2-4,6-11,14-15,17H,5,12-13,16H2,1H3,(H,28,31)(H,29,30). The van der Waals surface area contributed by atoms with Gasteiger partial charge < -0.3 is 20.1 Å². The van der Waals surface area contributed by atoms with E-state index in [1.807, 2.05) is 13.0 Å². The Morgan fingerprint density at radius 3 is 2.58 bits per heavy atom. The van der Waals surface area contributed by atoms with Crippen molar-refractivity contribution in [3.63, 3.8) is 0 Å². The van der Waals surface area contributed by atoms with Crippen LogP contribution in [0.5, 0.6) is 11.5 Å². The zero-order valence-electron chi connectivity index (χ0n) is 18.3. The second-order valence-electron chi connectivity index (χ2n) is 7.85. The third-order valence-electron chi connectivity index (χ3n) is 5.34. The second-order valence-corrected chi connectivity index (χ2v) is 7.85. The molecule has 2 N–H and O–H groups in total. The van der Waals surface area contributed by atoms with Crippen LogP contribution >= 0.6 is 0 Å². The van der Waals surface area contributed by atoms with Crippen molar-refractivity contribution in [2.24, 2.45) is 0 Å². The predicted molar refractivity (Wildman–Crippen MR) is 123 cm³/mol. The van der Waals surface area contributed by atoms with Crippen molar-refractivity contribution in [1.82, 2.24) is 5.32 Å². The fourth-order valence-corrected chi connectivity index (χ4v) is 3.57. The first kappa shape index (κ1) is 22.3. The van der Waals surface area contributed by atoms with Gasteiger partial charge >= 0.3 is 0 Å². The largest absolute Gasteiger partial charge is 0.490 e. The zero-order valence-corrected chi connectivity index (χ0v) is 18.3. The molecule has 170 valence electrons. The van der Waals surface area contributed by atoms with Gasteiger partial charge in [-0.2, -0.15) is 0 Å². The summed E-state index contributed by atoms with van der Waals surface area (Å²) in [6.07, 6.45) is 0.730. The second kappa shape index (κ2) is 10.2. The van der Waals surface area contributed by atoms with E-state index in [0.717, 1.165) is 12.0 Å². The molecule has 0 aliphatic carbocycles. The van der Waals surface area contributed by atoms with Crippen molar-refractivity contribution in [3.05, 3.63) is 89.2 Å². The smallest absolute Gasteiger partial charge is 0.251 e. The van der Waals surface area contributed by atoms with Crippen molar-refractivity contribution in [3.8, 4) is 11.5 Å². The molecule has 2 amide bonds. The summed E-state index contributed by atoms with van der Waals surface area (Å²) in [5.41, 5.74) is 2.20. The first-order valence-corrected chi connectivity index (χ1v) is 10.8. The summed E-state index contributed by atoms with van der Waals surface area (Å²) < 4.78 is 25.1. The number of nitrogens with one attached hydrogen (secondary N) is 2. The summed E-state index contributed by atoms with van der Waals surface area (Å²) in [5, 5.41) is 5.75. The van der Waals surface area contributed by atoms with E-state index in [1.165, 1.54) is 6.07 Å². The Morgan fingerprint density at radius 1 is 0.970 bits per heavy atom. The normalized spacial score (nSPS) is 13.5. The number of benzene rings is 3. The number of halogens is 1. The summed E-state index contributed by atoms with van der Waals surface area (Å²) in [4.78, 5) is 25.1. The lowest BCUT2D eigenvalue weighted by Crippen LogP contribution is -2.26. The SMILES string of the molecule is CC(NC(=O)c1ccc2c(c1)OCCCO2)c1cccc(NC(=O)Cc2ccccc2F)c1. The molecule has 0 saturated carbocycles. The van der Waals surface area contributed by atoms with Crippen molar-refractivity contribution in [1.29, 1.82) is 0 Å². The summed E-state index contributed by atoms with van der Waals surface area (Å²) >= 11 is 0. The van der Waals surface area contributed by atoms with Crippen LogP contribution in [0.4, 0.5) is 10.1 Å². The fraction of sp³-hybridized carbons (Fsp3) is 0.231. The quantitative estimate of drug-likeness (QED) is 0.575. The minimum absolute atomic E-state index is 0.0622. The molecule has 0 fully saturated rings. The van der Waals surface area contributed by atoms with Crippen LogP contribution in [-0.2, 0) is 11.2 Å². The monoisotopic (exact) mass is 448 g/mol. The first-order valence-electron chi connectivity index (χ1n) is 10.8. The first-order chi connectivity index (χ1) is 16.0. The Hall–Kier alpha value is -3.87. The lowest BCUT2D eigenvalue weighted by molar-refractivity contribution is -0.115. The average molecular weight is 448 g/mol. The molecule has 6 nitrogen and oxygen atoms in total. The third kappa shape index (κ3) is 5.68. The van der Waals surface area contributed by atoms with Crippen molar-refractivity contribution in [2.75, 3.05) is 18.5 Å². The summed E-state index contributed by atoms with van der Waals surface area (Å²) in [7, 11) is 0. The van der Waals surface area contributed by atoms with Crippen LogP contribution in [0, 0.1) is 5.82 Å². The van der Waals surface area contributed by atoms with E-state index in [9.17, 15) is 14.0 Å². The van der Waals surface area contributed by atoms with Crippen LogP contribution < -0.4 is 20.1 Å². The molecule has 33 heavy (non-hydrogen) atoms. The lowest BCUT2D eigenvalue weighted by Gasteiger charge is -2.16. The van der Waals surface area contributed by atoms with E-state index >= 15 is 0 Å². The maximum absolute atomic E-state index is 13.8. The van der Waals surface area contributed by atoms with E-state index in [4.69, 9.17) is 9.47 Å². The molecule has 1 aliphatic heterocycles. The molecular weight excluding hydrogens is 423 g/mol. The van der Waals surface area contributed by atoms with Crippen LogP contribution in [0.25, 0.3) is 0 Å². The molecule has 3 aromatic rings. The molecule has 1 aliphatic rings. The Morgan fingerprint density at radius 2 is 1.76 bits per heavy atom. The summed E-state index contributed by atoms with van der Waals surface area (Å²) in [5.74, 6) is 0.226. The third-order valence-corrected chi connectivity index (χ3v) is 5.34. The number of carbonyl (C=O) groups excluding carboxylic acids is 2. The molecule has 1 heterocycles. The number of ether oxygens (including phenoxy) is 2. The molecular formula is C26H25FN2O4. The highest BCUT2D eigenvalue weighted by Gasteiger charge is 2.17. The van der Waals surface area contributed by atoms with Gasteiger partial charge in [-0.05, 0) is 54.4 Å². The van der Waals surface area contributed by atoms with E-state index in [0.29, 0.717) is 41.5 Å². The topological polar surface area (TPSA) is 76.7 Å². The lowest BCUT2D eigenvalue weighted by atomic mass is 10.1. The Labute approximate surface area is 191 Å². The average Bonchev–Trinajstić information content (AvgIpc) is 3.05. The molecule has 7 heteroatoms. The van der Waals surface area contributed by atoms with Crippen molar-refractivity contribution < 1.29 is 23.5 Å². The number of hydrogen-bond donors (Lipinski definition) is 2. The van der Waals surface area contributed by atoms with E-state index in [1.54, 1.807) is 54.6 Å². The highest BCUT2D eigenvalue weighted by molar-refractivity contribution is 5.95. The number of carbonyl (C=O) groups is 2. The highest BCUT2D eigenvalue weighted by Crippen LogP contribution is 2.30. The van der Waals surface area contributed by atoms with E-state index < -0.39 is 5.82 Å². The number of amides is 2. The maximum Gasteiger partial charge on any atom is 0.251 e. The number of fused-ring (bicyclic) bond motifs is 1. The highest BCUT2D eigenvalue weighted by atomic mass is 19.1. The van der Waals surface area contributed by atoms with Gasteiger partial charge in [0, 0.05) is 17.7 Å². The Balaban J connectivity index is 1.39. The molecule has 0 bridgehead atoms. The minimum atomic E-state index is -0.410. The van der Waals surface area contributed by atoms with Gasteiger partial charge in [-0.25, -0.2) is 4.39 Å². The van der Waals surface area contributed by atoms with E-state index in [-0.39, 0.29) is 24.3 Å². The molecule has 1 unspecified atom stereocenters. The fourth-order valence-electron chi connectivity index (χ4n) is 3.57. The van der Waals surface area contributed by atoms with Crippen LogP contribution in [0.2, 0.25) is 0 Å². The summed E-state index contributed by atoms with van der Waals surface area (Å²) in [6, 6.07) is 18.2. The number of anilines is 1. The molecule has 0 radical (unpaired) electrons. The van der Waals surface area contributed by atoms with Gasteiger partial charge in [0.1, 0.15) is 5.82 Å². The van der Waals surface area contributed by atoms with Crippen LogP contribution in [-0.4, -0.2) is 25.0 Å². The zero-order chi connectivity index (χ0) is 23.2. The van der Waals surface area contributed by atoms with Gasteiger partial charge in [-0.15, -0.1) is 0 Å². The minimum Gasteiger partial charge on any atom is -0.490 e. The van der Waals surface area contributed by atoms with Gasteiger partial charge in [0.05, 0.1) is 25.7 Å². The number of hydrogen-bond acceptors (Lipinski definition) is 4. The van der Waals surface area contributed by atoms with Gasteiger partial charge in [-0.3, -0.25) is 9.59 Å². The van der Waals surface area contributed by atoms with Crippen molar-refractivity contribution >= 4 is 17.5 Å². The van der Waals surface area contributed by atoms with Crippen LogP contribution in [0.1, 0.15) is 40.9 Å². The number of rotatable bonds is 6. The van der Waals surface area contributed by atoms with E-state index in [2.05, 4.69) is 10.6 Å². The van der Waals surface area contributed by atoms with Crippen LogP contribution in [0.15, 0.2) is 66.7 Å². The molecule has 0 spiro atoms.